The minimum Gasteiger partial charge on any atom is -0.465 e. The number of ether oxygens (including phenoxy) is 1. The predicted molar refractivity (Wildman–Crippen MR) is 99.2 cm³/mol. The van der Waals surface area contributed by atoms with E-state index in [-0.39, 0.29) is 0 Å². The van der Waals surface area contributed by atoms with Crippen molar-refractivity contribution in [2.45, 2.75) is 13.1 Å². The van der Waals surface area contributed by atoms with Crippen molar-refractivity contribution in [2.75, 3.05) is 7.11 Å². The average Bonchev–Trinajstić information content (AvgIpc) is 3.07. The summed E-state index contributed by atoms with van der Waals surface area (Å²) >= 11 is 0. The minimum atomic E-state index is -4.40. The molecule has 4 aromatic rings. The lowest BCUT2D eigenvalue weighted by molar-refractivity contribution is -0.137. The number of hydrogen-bond donors (Lipinski definition) is 0. The summed E-state index contributed by atoms with van der Waals surface area (Å²) in [5.41, 5.74) is 3.82. The molecule has 0 spiro atoms. The number of methoxy groups -OCH3 is 1. The van der Waals surface area contributed by atoms with Crippen LogP contribution in [0.1, 0.15) is 21.5 Å². The van der Waals surface area contributed by atoms with Crippen molar-refractivity contribution in [3.05, 3.63) is 71.4 Å². The van der Waals surface area contributed by atoms with Crippen LogP contribution in [0, 0.1) is 6.92 Å². The first kappa shape index (κ1) is 18.0. The maximum Gasteiger partial charge on any atom is 0.416 e. The van der Waals surface area contributed by atoms with E-state index in [1.807, 2.05) is 23.6 Å². The highest BCUT2D eigenvalue weighted by Gasteiger charge is 2.30. The van der Waals surface area contributed by atoms with Gasteiger partial charge in [-0.15, -0.1) is 0 Å². The Morgan fingerprint density at radius 1 is 1.04 bits per heavy atom. The second-order valence-electron chi connectivity index (χ2n) is 6.50. The number of carbonyl (C=O) groups is 1. The van der Waals surface area contributed by atoms with E-state index < -0.39 is 17.7 Å². The molecule has 4 nitrogen and oxygen atoms in total. The van der Waals surface area contributed by atoms with Gasteiger partial charge in [-0.25, -0.2) is 9.78 Å². The van der Waals surface area contributed by atoms with E-state index in [2.05, 4.69) is 4.98 Å². The monoisotopic (exact) mass is 384 g/mol. The van der Waals surface area contributed by atoms with E-state index >= 15 is 0 Å². The molecule has 0 aliphatic rings. The molecule has 0 N–H and O–H groups in total. The Balaban J connectivity index is 1.96. The third-order valence-corrected chi connectivity index (χ3v) is 4.57. The summed E-state index contributed by atoms with van der Waals surface area (Å²) in [5.74, 6) is -0.483. The number of benzene rings is 2. The van der Waals surface area contributed by atoms with Crippen molar-refractivity contribution in [1.82, 2.24) is 9.38 Å². The van der Waals surface area contributed by atoms with Gasteiger partial charge in [-0.3, -0.25) is 0 Å². The molecular weight excluding hydrogens is 369 g/mol. The summed E-state index contributed by atoms with van der Waals surface area (Å²) in [6.45, 7) is 1.93. The first-order chi connectivity index (χ1) is 13.3. The Bertz CT molecular complexity index is 1210. The fourth-order valence-corrected chi connectivity index (χ4v) is 3.25. The lowest BCUT2D eigenvalue weighted by atomic mass is 10.1. The Kier molecular flexibility index (Phi) is 4.10. The molecule has 0 fully saturated rings. The molecule has 2 heterocycles. The van der Waals surface area contributed by atoms with Gasteiger partial charge in [0, 0.05) is 11.8 Å². The van der Waals surface area contributed by atoms with Gasteiger partial charge in [0.15, 0.2) is 0 Å². The van der Waals surface area contributed by atoms with Crippen molar-refractivity contribution in [2.24, 2.45) is 0 Å². The predicted octanol–water partition coefficient (Wildman–Crippen LogP) is 5.27. The SMILES string of the molecule is COC(=O)c1ccc2c(c1)nc(-c1ccc(C(F)(F)F)cc1)c1cc(C)cn12. The molecule has 0 amide bonds. The van der Waals surface area contributed by atoms with Gasteiger partial charge in [0.2, 0.25) is 0 Å². The zero-order valence-electron chi connectivity index (χ0n) is 15.0. The lowest BCUT2D eigenvalue weighted by Gasteiger charge is -2.11. The summed E-state index contributed by atoms with van der Waals surface area (Å²) in [5, 5.41) is 0. The molecule has 0 saturated heterocycles. The van der Waals surface area contributed by atoms with E-state index in [0.717, 1.165) is 28.7 Å². The number of nitrogens with zero attached hydrogens (tertiary/aromatic N) is 2. The first-order valence-electron chi connectivity index (χ1n) is 8.46. The van der Waals surface area contributed by atoms with E-state index in [4.69, 9.17) is 4.74 Å². The summed E-state index contributed by atoms with van der Waals surface area (Å²) in [6.07, 6.45) is -2.48. The largest absolute Gasteiger partial charge is 0.465 e. The lowest BCUT2D eigenvalue weighted by Crippen LogP contribution is -2.04. The minimum absolute atomic E-state index is 0.351. The molecule has 142 valence electrons. The van der Waals surface area contributed by atoms with Crippen LogP contribution in [0.2, 0.25) is 0 Å². The number of esters is 1. The number of aromatic nitrogens is 2. The van der Waals surface area contributed by atoms with E-state index in [1.54, 1.807) is 18.2 Å². The van der Waals surface area contributed by atoms with Gasteiger partial charge < -0.3 is 9.14 Å². The Labute approximate surface area is 158 Å². The van der Waals surface area contributed by atoms with E-state index in [0.29, 0.717) is 22.3 Å². The van der Waals surface area contributed by atoms with E-state index in [9.17, 15) is 18.0 Å². The Morgan fingerprint density at radius 2 is 1.75 bits per heavy atom. The molecule has 4 rings (SSSR count). The quantitative estimate of drug-likeness (QED) is 0.442. The zero-order valence-corrected chi connectivity index (χ0v) is 15.0. The summed E-state index contributed by atoms with van der Waals surface area (Å²) in [4.78, 5) is 16.5. The molecule has 2 aromatic carbocycles. The highest BCUT2D eigenvalue weighted by molar-refractivity contribution is 5.95. The molecular formula is C21H15F3N2O2. The van der Waals surface area contributed by atoms with Gasteiger partial charge in [-0.1, -0.05) is 12.1 Å². The molecule has 0 saturated carbocycles. The molecule has 0 radical (unpaired) electrons. The first-order valence-corrected chi connectivity index (χ1v) is 8.46. The van der Waals surface area contributed by atoms with Crippen molar-refractivity contribution >= 4 is 22.5 Å². The molecule has 7 heteroatoms. The smallest absolute Gasteiger partial charge is 0.416 e. The molecule has 0 bridgehead atoms. The number of alkyl halides is 3. The van der Waals surface area contributed by atoms with Crippen molar-refractivity contribution in [1.29, 1.82) is 0 Å². The highest BCUT2D eigenvalue weighted by Crippen LogP contribution is 2.33. The van der Waals surface area contributed by atoms with Crippen LogP contribution < -0.4 is 0 Å². The van der Waals surface area contributed by atoms with Crippen LogP contribution in [0.4, 0.5) is 13.2 Å². The highest BCUT2D eigenvalue weighted by atomic mass is 19.4. The van der Waals surface area contributed by atoms with Crippen LogP contribution in [-0.4, -0.2) is 22.5 Å². The van der Waals surface area contributed by atoms with Crippen LogP contribution in [0.25, 0.3) is 27.8 Å². The molecule has 2 aromatic heterocycles. The van der Waals surface area contributed by atoms with Crippen LogP contribution >= 0.6 is 0 Å². The maximum absolute atomic E-state index is 12.9. The molecule has 28 heavy (non-hydrogen) atoms. The Morgan fingerprint density at radius 3 is 2.39 bits per heavy atom. The van der Waals surface area contributed by atoms with Crippen molar-refractivity contribution < 1.29 is 22.7 Å². The van der Waals surface area contributed by atoms with Crippen LogP contribution in [0.15, 0.2) is 54.7 Å². The van der Waals surface area contributed by atoms with Crippen LogP contribution in [-0.2, 0) is 10.9 Å². The molecule has 0 aliphatic carbocycles. The Hall–Kier alpha value is -3.35. The van der Waals surface area contributed by atoms with Crippen LogP contribution in [0.3, 0.4) is 0 Å². The second kappa shape index (κ2) is 6.37. The standard InChI is InChI=1S/C21H15F3N2O2/c1-12-9-18-19(13-3-6-15(7-4-13)21(22,23)24)25-16-10-14(20(27)28-2)5-8-17(16)26(18)11-12/h3-11H,1-2H3. The average molecular weight is 384 g/mol. The number of hydrogen-bond acceptors (Lipinski definition) is 3. The van der Waals surface area contributed by atoms with Gasteiger partial charge in [-0.2, -0.15) is 13.2 Å². The summed E-state index contributed by atoms with van der Waals surface area (Å²) in [7, 11) is 1.30. The number of rotatable bonds is 2. The third kappa shape index (κ3) is 2.98. The summed E-state index contributed by atoms with van der Waals surface area (Å²) < 4.78 is 45.3. The normalized spacial score (nSPS) is 11.9. The molecule has 0 unspecified atom stereocenters. The molecule has 0 aliphatic heterocycles. The number of fused-ring (bicyclic) bond motifs is 3. The number of halogens is 3. The molecule has 0 atom stereocenters. The number of aryl methyl sites for hydroxylation is 1. The van der Waals surface area contributed by atoms with Crippen LogP contribution in [0.5, 0.6) is 0 Å². The second-order valence-corrected chi connectivity index (χ2v) is 6.50. The topological polar surface area (TPSA) is 43.6 Å². The summed E-state index contributed by atoms with van der Waals surface area (Å²) in [6, 6.07) is 11.9. The maximum atomic E-state index is 12.9. The van der Waals surface area contributed by atoms with Gasteiger partial charge in [-0.05, 0) is 48.9 Å². The van der Waals surface area contributed by atoms with Gasteiger partial charge in [0.25, 0.3) is 0 Å². The van der Waals surface area contributed by atoms with E-state index in [1.165, 1.54) is 19.2 Å². The number of carbonyl (C=O) groups excluding carboxylic acids is 1. The fraction of sp³-hybridized carbons (Fsp3) is 0.143. The van der Waals surface area contributed by atoms with Gasteiger partial charge in [0.1, 0.15) is 0 Å². The zero-order chi connectivity index (χ0) is 20.1. The fourth-order valence-electron chi connectivity index (χ4n) is 3.25. The van der Waals surface area contributed by atoms with Crippen molar-refractivity contribution in [3.63, 3.8) is 0 Å². The van der Waals surface area contributed by atoms with Crippen molar-refractivity contribution in [3.8, 4) is 11.3 Å². The third-order valence-electron chi connectivity index (χ3n) is 4.57. The van der Waals surface area contributed by atoms with Gasteiger partial charge >= 0.3 is 12.1 Å². The van der Waals surface area contributed by atoms with Gasteiger partial charge in [0.05, 0.1) is 40.5 Å².